The molecule has 0 amide bonds. The second-order valence-corrected chi connectivity index (χ2v) is 5.20. The van der Waals surface area contributed by atoms with Gasteiger partial charge >= 0.3 is 0 Å². The molecule has 19 heavy (non-hydrogen) atoms. The van der Waals surface area contributed by atoms with Gasteiger partial charge in [0.1, 0.15) is 0 Å². The van der Waals surface area contributed by atoms with Crippen LogP contribution in [0, 0.1) is 6.92 Å². The zero-order valence-corrected chi connectivity index (χ0v) is 11.4. The molecule has 0 atom stereocenters. The van der Waals surface area contributed by atoms with Crippen molar-refractivity contribution in [1.82, 2.24) is 15.2 Å². The standard InChI is InChI=1S/C14H14N4S/c1-10-14(19-9-16-10)8-15-12-4-2-3-11(7-12)13-5-6-17-18-13/h2-7,9,15H,8H2,1H3,(H,17,18). The van der Waals surface area contributed by atoms with E-state index in [4.69, 9.17) is 0 Å². The molecule has 2 aromatic heterocycles. The number of thiazole rings is 1. The number of benzene rings is 1. The Morgan fingerprint density at radius 3 is 3.00 bits per heavy atom. The highest BCUT2D eigenvalue weighted by Gasteiger charge is 2.03. The van der Waals surface area contributed by atoms with E-state index >= 15 is 0 Å². The number of anilines is 1. The molecule has 96 valence electrons. The Kier molecular flexibility index (Phi) is 3.29. The molecule has 0 bridgehead atoms. The fourth-order valence-corrected chi connectivity index (χ4v) is 2.61. The highest BCUT2D eigenvalue weighted by atomic mass is 32.1. The number of aromatic amines is 1. The zero-order chi connectivity index (χ0) is 13.1. The lowest BCUT2D eigenvalue weighted by Gasteiger charge is -2.07. The van der Waals surface area contributed by atoms with Crippen molar-refractivity contribution in [2.45, 2.75) is 13.5 Å². The van der Waals surface area contributed by atoms with Crippen LogP contribution in [0.25, 0.3) is 11.3 Å². The number of nitrogens with one attached hydrogen (secondary N) is 2. The quantitative estimate of drug-likeness (QED) is 0.763. The van der Waals surface area contributed by atoms with Crippen LogP contribution in [0.5, 0.6) is 0 Å². The zero-order valence-electron chi connectivity index (χ0n) is 10.6. The van der Waals surface area contributed by atoms with Gasteiger partial charge in [-0.25, -0.2) is 4.98 Å². The predicted octanol–water partition coefficient (Wildman–Crippen LogP) is 3.45. The predicted molar refractivity (Wildman–Crippen MR) is 78.2 cm³/mol. The van der Waals surface area contributed by atoms with Gasteiger partial charge < -0.3 is 5.32 Å². The summed E-state index contributed by atoms with van der Waals surface area (Å²) in [7, 11) is 0. The van der Waals surface area contributed by atoms with E-state index in [1.54, 1.807) is 17.5 Å². The Balaban J connectivity index is 1.75. The highest BCUT2D eigenvalue weighted by Crippen LogP contribution is 2.21. The summed E-state index contributed by atoms with van der Waals surface area (Å²) in [5.41, 5.74) is 6.23. The van der Waals surface area contributed by atoms with E-state index in [1.165, 1.54) is 4.88 Å². The first kappa shape index (κ1) is 11.9. The van der Waals surface area contributed by atoms with Gasteiger partial charge in [-0.05, 0) is 25.1 Å². The maximum atomic E-state index is 4.25. The third-order valence-electron chi connectivity index (χ3n) is 2.97. The van der Waals surface area contributed by atoms with Crippen LogP contribution in [0.15, 0.2) is 42.0 Å². The molecule has 2 N–H and O–H groups in total. The molecule has 0 aliphatic rings. The van der Waals surface area contributed by atoms with Crippen LogP contribution in [0.2, 0.25) is 0 Å². The summed E-state index contributed by atoms with van der Waals surface area (Å²) in [6.07, 6.45) is 1.76. The van der Waals surface area contributed by atoms with Crippen LogP contribution in [-0.2, 0) is 6.54 Å². The van der Waals surface area contributed by atoms with Gasteiger partial charge in [0.15, 0.2) is 0 Å². The van der Waals surface area contributed by atoms with Gasteiger partial charge in [0.05, 0.1) is 23.4 Å². The van der Waals surface area contributed by atoms with Gasteiger partial charge in [-0.2, -0.15) is 5.10 Å². The lowest BCUT2D eigenvalue weighted by atomic mass is 10.1. The fourth-order valence-electron chi connectivity index (χ4n) is 1.89. The first-order chi connectivity index (χ1) is 9.33. The van der Waals surface area contributed by atoms with E-state index in [2.05, 4.69) is 38.7 Å². The van der Waals surface area contributed by atoms with E-state index < -0.39 is 0 Å². The molecule has 0 spiro atoms. The summed E-state index contributed by atoms with van der Waals surface area (Å²) < 4.78 is 0. The number of hydrogen-bond acceptors (Lipinski definition) is 4. The summed E-state index contributed by atoms with van der Waals surface area (Å²) in [5.74, 6) is 0. The molecule has 0 fully saturated rings. The second kappa shape index (κ2) is 5.24. The van der Waals surface area contributed by atoms with E-state index in [1.807, 2.05) is 24.6 Å². The number of aryl methyl sites for hydroxylation is 1. The van der Waals surface area contributed by atoms with E-state index in [-0.39, 0.29) is 0 Å². The van der Waals surface area contributed by atoms with E-state index in [9.17, 15) is 0 Å². The van der Waals surface area contributed by atoms with Crippen molar-refractivity contribution in [3.05, 3.63) is 52.6 Å². The molecule has 4 nitrogen and oxygen atoms in total. The Morgan fingerprint density at radius 2 is 2.26 bits per heavy atom. The molecule has 5 heteroatoms. The third-order valence-corrected chi connectivity index (χ3v) is 3.91. The minimum absolute atomic E-state index is 0.808. The summed E-state index contributed by atoms with van der Waals surface area (Å²) in [6, 6.07) is 10.3. The minimum atomic E-state index is 0.808. The molecule has 0 unspecified atom stereocenters. The second-order valence-electron chi connectivity index (χ2n) is 4.27. The summed E-state index contributed by atoms with van der Waals surface area (Å²) >= 11 is 1.68. The van der Waals surface area contributed by atoms with Gasteiger partial charge in [0.25, 0.3) is 0 Å². The Hall–Kier alpha value is -2.14. The molecule has 0 radical (unpaired) electrons. The largest absolute Gasteiger partial charge is 0.380 e. The average molecular weight is 270 g/mol. The molecule has 0 aliphatic carbocycles. The van der Waals surface area contributed by atoms with Crippen molar-refractivity contribution in [2.24, 2.45) is 0 Å². The van der Waals surface area contributed by atoms with Crippen molar-refractivity contribution >= 4 is 17.0 Å². The Bertz CT molecular complexity index is 658. The molecule has 3 rings (SSSR count). The van der Waals surface area contributed by atoms with Gasteiger partial charge in [-0.1, -0.05) is 12.1 Å². The van der Waals surface area contributed by atoms with Crippen LogP contribution < -0.4 is 5.32 Å². The van der Waals surface area contributed by atoms with Crippen LogP contribution in [0.3, 0.4) is 0 Å². The summed E-state index contributed by atoms with van der Waals surface area (Å²) in [6.45, 7) is 2.84. The summed E-state index contributed by atoms with van der Waals surface area (Å²) in [4.78, 5) is 5.52. The third kappa shape index (κ3) is 2.66. The topological polar surface area (TPSA) is 53.6 Å². The molecule has 3 aromatic rings. The van der Waals surface area contributed by atoms with Crippen molar-refractivity contribution in [1.29, 1.82) is 0 Å². The van der Waals surface area contributed by atoms with Crippen LogP contribution in [0.1, 0.15) is 10.6 Å². The number of nitrogens with zero attached hydrogens (tertiary/aromatic N) is 2. The SMILES string of the molecule is Cc1ncsc1CNc1cccc(-c2ccn[nH]2)c1. The Morgan fingerprint density at radius 1 is 1.32 bits per heavy atom. The lowest BCUT2D eigenvalue weighted by Crippen LogP contribution is -1.99. The lowest BCUT2D eigenvalue weighted by molar-refractivity contribution is 1.09. The number of aromatic nitrogens is 3. The van der Waals surface area contributed by atoms with E-state index in [0.717, 1.165) is 29.2 Å². The smallest absolute Gasteiger partial charge is 0.0798 e. The highest BCUT2D eigenvalue weighted by molar-refractivity contribution is 7.09. The molecular weight excluding hydrogens is 256 g/mol. The van der Waals surface area contributed by atoms with Gasteiger partial charge in [0.2, 0.25) is 0 Å². The van der Waals surface area contributed by atoms with Crippen molar-refractivity contribution in [3.8, 4) is 11.3 Å². The number of rotatable bonds is 4. The fraction of sp³-hybridized carbons (Fsp3) is 0.143. The first-order valence-corrected chi connectivity index (χ1v) is 6.93. The number of hydrogen-bond donors (Lipinski definition) is 2. The summed E-state index contributed by atoms with van der Waals surface area (Å²) in [5, 5.41) is 10.4. The number of H-pyrrole nitrogens is 1. The first-order valence-electron chi connectivity index (χ1n) is 6.05. The molecular formula is C14H14N4S. The maximum absolute atomic E-state index is 4.25. The van der Waals surface area contributed by atoms with Crippen LogP contribution in [-0.4, -0.2) is 15.2 Å². The normalized spacial score (nSPS) is 10.6. The van der Waals surface area contributed by atoms with Crippen LogP contribution >= 0.6 is 11.3 Å². The molecule has 0 saturated carbocycles. The molecule has 1 aromatic carbocycles. The van der Waals surface area contributed by atoms with Gasteiger partial charge in [-0.3, -0.25) is 5.10 Å². The molecule has 2 heterocycles. The van der Waals surface area contributed by atoms with Gasteiger partial charge in [0, 0.05) is 22.3 Å². The minimum Gasteiger partial charge on any atom is -0.380 e. The van der Waals surface area contributed by atoms with Gasteiger partial charge in [-0.15, -0.1) is 11.3 Å². The maximum Gasteiger partial charge on any atom is 0.0798 e. The van der Waals surface area contributed by atoms with Crippen molar-refractivity contribution in [2.75, 3.05) is 5.32 Å². The van der Waals surface area contributed by atoms with Crippen LogP contribution in [0.4, 0.5) is 5.69 Å². The molecule has 0 aliphatic heterocycles. The van der Waals surface area contributed by atoms with Crippen molar-refractivity contribution in [3.63, 3.8) is 0 Å². The van der Waals surface area contributed by atoms with Crippen molar-refractivity contribution < 1.29 is 0 Å². The monoisotopic (exact) mass is 270 g/mol. The van der Waals surface area contributed by atoms with E-state index in [0.29, 0.717) is 0 Å². The molecule has 0 saturated heterocycles. The average Bonchev–Trinajstić information content (AvgIpc) is 3.08. The Labute approximate surface area is 115 Å².